The number of carbonyl (C=O) groups is 1. The van der Waals surface area contributed by atoms with Crippen LogP contribution in [0.25, 0.3) is 11.0 Å². The number of rotatable bonds is 5. The third kappa shape index (κ3) is 3.30. The fourth-order valence-electron chi connectivity index (χ4n) is 2.94. The highest BCUT2D eigenvalue weighted by Crippen LogP contribution is 2.37. The van der Waals surface area contributed by atoms with Crippen molar-refractivity contribution >= 4 is 50.1 Å². The fourth-order valence-corrected chi connectivity index (χ4v) is 3.65. The van der Waals surface area contributed by atoms with E-state index in [1.807, 2.05) is 0 Å². The van der Waals surface area contributed by atoms with E-state index in [0.29, 0.717) is 53.7 Å². The Kier molecular flexibility index (Phi) is 4.93. The second-order valence-electron chi connectivity index (χ2n) is 6.01. The molecule has 0 aliphatic carbocycles. The highest BCUT2D eigenvalue weighted by molar-refractivity contribution is 7.19. The number of aliphatic hydroxyl groups is 1. The molecule has 4 rings (SSSR count). The Morgan fingerprint density at radius 1 is 1.32 bits per heavy atom. The fraction of sp³-hybridized carbons (Fsp3) is 0.400. The van der Waals surface area contributed by atoms with Crippen LogP contribution in [0.1, 0.15) is 5.56 Å². The molecule has 1 aliphatic rings. The number of anilines is 4. The number of hydrogen-bond acceptors (Lipinski definition) is 11. The van der Waals surface area contributed by atoms with Gasteiger partial charge in [-0.05, 0) is 16.4 Å². The molecule has 3 N–H and O–H groups in total. The first-order valence-electron chi connectivity index (χ1n) is 8.37. The summed E-state index contributed by atoms with van der Waals surface area (Å²) in [6.45, 7) is 2.31. The molecule has 2 aromatic heterocycles. The van der Waals surface area contributed by atoms with Gasteiger partial charge in [-0.1, -0.05) is 11.3 Å². The van der Waals surface area contributed by atoms with Gasteiger partial charge >= 0.3 is 6.09 Å². The quantitative estimate of drug-likeness (QED) is 0.561. The van der Waals surface area contributed by atoms with Crippen LogP contribution in [-0.4, -0.2) is 70.2 Å². The molecule has 0 saturated carbocycles. The van der Waals surface area contributed by atoms with Gasteiger partial charge in [-0.3, -0.25) is 4.90 Å². The highest BCUT2D eigenvalue weighted by atomic mass is 32.1. The number of ether oxygens (including phenoxy) is 1. The van der Waals surface area contributed by atoms with Crippen LogP contribution in [0, 0.1) is 0 Å². The van der Waals surface area contributed by atoms with Crippen molar-refractivity contribution in [1.29, 1.82) is 0 Å². The maximum Gasteiger partial charge on any atom is 0.413 e. The van der Waals surface area contributed by atoms with Crippen molar-refractivity contribution in [2.45, 2.75) is 6.61 Å². The number of nitrogens with zero attached hydrogens (tertiary/aromatic N) is 6. The van der Waals surface area contributed by atoms with E-state index < -0.39 is 6.09 Å². The lowest BCUT2D eigenvalue weighted by Crippen LogP contribution is -2.37. The van der Waals surface area contributed by atoms with Gasteiger partial charge in [0.15, 0.2) is 11.0 Å². The molecule has 1 saturated heterocycles. The number of morpholine rings is 1. The summed E-state index contributed by atoms with van der Waals surface area (Å²) in [4.78, 5) is 14.1. The van der Waals surface area contributed by atoms with E-state index in [1.54, 1.807) is 6.07 Å². The molecule has 0 radical (unpaired) electrons. The number of hydrogen-bond donors (Lipinski definition) is 3. The van der Waals surface area contributed by atoms with Gasteiger partial charge in [0.2, 0.25) is 10.3 Å². The number of aromatic nitrogens is 4. The van der Waals surface area contributed by atoms with Crippen LogP contribution in [0.2, 0.25) is 0 Å². The Hall–Kier alpha value is -3.03. The van der Waals surface area contributed by atoms with Crippen LogP contribution >= 0.6 is 11.3 Å². The average molecular weight is 407 g/mol. The summed E-state index contributed by atoms with van der Waals surface area (Å²) in [5.41, 5.74) is 2.93. The molecular formula is C15H17N7O5S. The van der Waals surface area contributed by atoms with Gasteiger partial charge in [0.1, 0.15) is 0 Å². The zero-order valence-electron chi connectivity index (χ0n) is 14.8. The van der Waals surface area contributed by atoms with Crippen LogP contribution in [0.4, 0.5) is 26.4 Å². The standard InChI is InChI=1S/C15H17N7O5S/c1-21(15(24)25)14-18-17-13(28-14)16-9-6-8(7-23)12(11-10(9)19-27-20-11)22-2-4-26-5-3-22/h6,23H,2-5,7H2,1H3,(H,16,17)(H,24,25). The molecule has 1 fully saturated rings. The normalized spacial score (nSPS) is 14.4. The van der Waals surface area contributed by atoms with Gasteiger partial charge in [0.25, 0.3) is 0 Å². The summed E-state index contributed by atoms with van der Waals surface area (Å²) in [6.07, 6.45) is -1.14. The van der Waals surface area contributed by atoms with Crippen molar-refractivity contribution in [2.24, 2.45) is 0 Å². The maximum atomic E-state index is 11.1. The smallest absolute Gasteiger partial charge is 0.413 e. The molecular weight excluding hydrogens is 390 g/mol. The molecule has 28 heavy (non-hydrogen) atoms. The lowest BCUT2D eigenvalue weighted by Gasteiger charge is -2.30. The number of amides is 1. The Morgan fingerprint density at radius 2 is 2.07 bits per heavy atom. The molecule has 13 heteroatoms. The molecule has 0 bridgehead atoms. The molecule has 3 heterocycles. The van der Waals surface area contributed by atoms with Crippen molar-refractivity contribution in [2.75, 3.05) is 48.5 Å². The number of benzene rings is 1. The van der Waals surface area contributed by atoms with Crippen LogP contribution in [0.15, 0.2) is 10.7 Å². The van der Waals surface area contributed by atoms with Crippen LogP contribution in [-0.2, 0) is 11.3 Å². The lowest BCUT2D eigenvalue weighted by molar-refractivity contribution is 0.122. The minimum Gasteiger partial charge on any atom is -0.465 e. The zero-order chi connectivity index (χ0) is 19.7. The van der Waals surface area contributed by atoms with Gasteiger partial charge in [0, 0.05) is 25.7 Å². The van der Waals surface area contributed by atoms with Gasteiger partial charge in [-0.15, -0.1) is 10.2 Å². The SMILES string of the molecule is CN(C(=O)O)c1nnc(Nc2cc(CO)c(N3CCOCC3)c3nonc23)s1. The minimum absolute atomic E-state index is 0.201. The average Bonchev–Trinajstić information content (AvgIpc) is 3.37. The predicted molar refractivity (Wildman–Crippen MR) is 100 cm³/mol. The summed E-state index contributed by atoms with van der Waals surface area (Å²) in [5.74, 6) is 0. The third-order valence-electron chi connectivity index (χ3n) is 4.32. The zero-order valence-corrected chi connectivity index (χ0v) is 15.6. The van der Waals surface area contributed by atoms with E-state index in [0.717, 1.165) is 21.9 Å². The second-order valence-corrected chi connectivity index (χ2v) is 6.96. The monoisotopic (exact) mass is 407 g/mol. The van der Waals surface area contributed by atoms with Crippen molar-refractivity contribution in [3.05, 3.63) is 11.6 Å². The Labute approximate surface area is 162 Å². The largest absolute Gasteiger partial charge is 0.465 e. The van der Waals surface area contributed by atoms with Gasteiger partial charge < -0.3 is 25.2 Å². The summed E-state index contributed by atoms with van der Waals surface area (Å²) >= 11 is 1.06. The maximum absolute atomic E-state index is 11.1. The second kappa shape index (κ2) is 7.53. The molecule has 1 amide bonds. The van der Waals surface area contributed by atoms with Crippen LogP contribution in [0.5, 0.6) is 0 Å². The molecule has 12 nitrogen and oxygen atoms in total. The van der Waals surface area contributed by atoms with E-state index in [1.165, 1.54) is 7.05 Å². The van der Waals surface area contributed by atoms with Crippen LogP contribution in [0.3, 0.4) is 0 Å². The summed E-state index contributed by atoms with van der Waals surface area (Å²) in [7, 11) is 1.38. The Morgan fingerprint density at radius 3 is 2.79 bits per heavy atom. The first-order chi connectivity index (χ1) is 13.6. The van der Waals surface area contributed by atoms with Gasteiger partial charge in [-0.2, -0.15) is 0 Å². The number of fused-ring (bicyclic) bond motifs is 1. The number of aliphatic hydroxyl groups excluding tert-OH is 1. The topological polar surface area (TPSA) is 150 Å². The molecule has 3 aromatic rings. The summed E-state index contributed by atoms with van der Waals surface area (Å²) in [6, 6.07) is 1.75. The molecule has 0 unspecified atom stereocenters. The number of carboxylic acid groups (broad SMARTS) is 1. The van der Waals surface area contributed by atoms with E-state index >= 15 is 0 Å². The summed E-state index contributed by atoms with van der Waals surface area (Å²) in [5, 5.41) is 38.4. The van der Waals surface area contributed by atoms with Gasteiger partial charge in [-0.25, -0.2) is 9.42 Å². The third-order valence-corrected chi connectivity index (χ3v) is 5.23. The van der Waals surface area contributed by atoms with E-state index in [-0.39, 0.29) is 11.7 Å². The Balaban J connectivity index is 1.70. The van der Waals surface area contributed by atoms with Crippen LogP contribution < -0.4 is 15.1 Å². The first-order valence-corrected chi connectivity index (χ1v) is 9.19. The molecule has 0 spiro atoms. The highest BCUT2D eigenvalue weighted by Gasteiger charge is 2.24. The summed E-state index contributed by atoms with van der Waals surface area (Å²) < 4.78 is 10.3. The molecule has 1 aliphatic heterocycles. The van der Waals surface area contributed by atoms with E-state index in [2.05, 4.69) is 30.7 Å². The molecule has 1 aromatic carbocycles. The molecule has 148 valence electrons. The van der Waals surface area contributed by atoms with Crippen molar-refractivity contribution in [3.8, 4) is 0 Å². The van der Waals surface area contributed by atoms with Gasteiger partial charge in [0.05, 0.1) is 31.2 Å². The predicted octanol–water partition coefficient (Wildman–Crippen LogP) is 1.26. The van der Waals surface area contributed by atoms with Crippen molar-refractivity contribution in [3.63, 3.8) is 0 Å². The minimum atomic E-state index is -1.14. The lowest BCUT2D eigenvalue weighted by atomic mass is 10.1. The first kappa shape index (κ1) is 18.3. The van der Waals surface area contributed by atoms with E-state index in [9.17, 15) is 9.90 Å². The molecule has 0 atom stereocenters. The Bertz CT molecular complexity index is 1000. The van der Waals surface area contributed by atoms with Crippen molar-refractivity contribution < 1.29 is 24.4 Å². The van der Waals surface area contributed by atoms with E-state index in [4.69, 9.17) is 14.5 Å². The number of nitrogens with one attached hydrogen (secondary N) is 1. The van der Waals surface area contributed by atoms with Crippen molar-refractivity contribution in [1.82, 2.24) is 20.5 Å².